The number of para-hydroxylation sites is 1. The Balaban J connectivity index is 1.36. The number of hydrogen-bond donors (Lipinski definition) is 1. The average Bonchev–Trinajstić information content (AvgIpc) is 3.78. The third-order valence-corrected chi connectivity index (χ3v) is 8.51. The molecule has 3 aromatic rings. The second-order valence-corrected chi connectivity index (χ2v) is 11.5. The SMILES string of the molecule is C=CC(=O)N1CCCC[C@@H](n2c(NC(=O)c3cccc(C)c3)nc3cccc(OC4CCN(C5CC5)CC4)c32)C1. The van der Waals surface area contributed by atoms with Gasteiger partial charge in [-0.25, -0.2) is 4.98 Å². The van der Waals surface area contributed by atoms with Crippen molar-refractivity contribution in [2.75, 3.05) is 31.5 Å². The summed E-state index contributed by atoms with van der Waals surface area (Å²) in [5.74, 6) is 0.999. The summed E-state index contributed by atoms with van der Waals surface area (Å²) in [6, 6.07) is 14.2. The molecule has 8 heteroatoms. The van der Waals surface area contributed by atoms with Gasteiger partial charge in [-0.15, -0.1) is 0 Å². The standard InChI is InChI=1S/C32H39N5O3/c1-3-29(38)36-17-5-4-10-25(21-36)37-30-27(33-32(37)34-31(39)23-9-6-8-22(2)20-23)11-7-12-28(30)40-26-15-18-35(19-16-26)24-13-14-24/h3,6-9,11-12,20,24-26H,1,4-5,10,13-19,21H2,2H3,(H,33,34,39)/t25-/m1/s1. The van der Waals surface area contributed by atoms with Crippen LogP contribution in [0.1, 0.15) is 66.9 Å². The highest BCUT2D eigenvalue weighted by Gasteiger charge is 2.33. The van der Waals surface area contributed by atoms with E-state index >= 15 is 0 Å². The van der Waals surface area contributed by atoms with Gasteiger partial charge in [0.05, 0.1) is 11.6 Å². The lowest BCUT2D eigenvalue weighted by Gasteiger charge is -2.32. The van der Waals surface area contributed by atoms with Crippen LogP contribution in [0, 0.1) is 6.92 Å². The first-order chi connectivity index (χ1) is 19.5. The maximum atomic E-state index is 13.4. The molecule has 8 nitrogen and oxygen atoms in total. The summed E-state index contributed by atoms with van der Waals surface area (Å²) < 4.78 is 8.81. The Labute approximate surface area is 236 Å². The lowest BCUT2D eigenvalue weighted by molar-refractivity contribution is -0.126. The molecule has 40 heavy (non-hydrogen) atoms. The molecule has 1 saturated carbocycles. The van der Waals surface area contributed by atoms with Gasteiger partial charge in [-0.2, -0.15) is 0 Å². The Bertz CT molecular complexity index is 1400. The molecule has 6 rings (SSSR count). The number of ether oxygens (including phenoxy) is 1. The minimum atomic E-state index is -0.206. The summed E-state index contributed by atoms with van der Waals surface area (Å²) in [7, 11) is 0. The lowest BCUT2D eigenvalue weighted by Crippen LogP contribution is -2.39. The fourth-order valence-corrected chi connectivity index (χ4v) is 6.25. The van der Waals surface area contributed by atoms with Crippen LogP contribution in [0.2, 0.25) is 0 Å². The van der Waals surface area contributed by atoms with E-state index in [2.05, 4.69) is 21.4 Å². The van der Waals surface area contributed by atoms with Crippen molar-refractivity contribution in [1.29, 1.82) is 0 Å². The van der Waals surface area contributed by atoms with Crippen molar-refractivity contribution in [3.63, 3.8) is 0 Å². The van der Waals surface area contributed by atoms with Crippen LogP contribution in [0.3, 0.4) is 0 Å². The number of likely N-dealkylation sites (tertiary alicyclic amines) is 2. The Morgan fingerprint density at radius 3 is 2.55 bits per heavy atom. The topological polar surface area (TPSA) is 79.7 Å². The molecule has 0 spiro atoms. The number of rotatable bonds is 7. The monoisotopic (exact) mass is 541 g/mol. The first kappa shape index (κ1) is 26.6. The predicted molar refractivity (Wildman–Crippen MR) is 157 cm³/mol. The van der Waals surface area contributed by atoms with Gasteiger partial charge in [0, 0.05) is 37.8 Å². The van der Waals surface area contributed by atoms with E-state index in [9.17, 15) is 9.59 Å². The van der Waals surface area contributed by atoms with Gasteiger partial charge in [-0.05, 0) is 82.2 Å². The van der Waals surface area contributed by atoms with Crippen LogP contribution in [-0.4, -0.2) is 69.5 Å². The second kappa shape index (κ2) is 11.5. The summed E-state index contributed by atoms with van der Waals surface area (Å²) in [5, 5.41) is 3.10. The number of aromatic nitrogens is 2. The molecule has 1 atom stereocenters. The lowest BCUT2D eigenvalue weighted by atomic mass is 10.1. The zero-order valence-corrected chi connectivity index (χ0v) is 23.3. The van der Waals surface area contributed by atoms with Crippen LogP contribution >= 0.6 is 0 Å². The molecular formula is C32H39N5O3. The highest BCUT2D eigenvalue weighted by molar-refractivity contribution is 6.04. The summed E-state index contributed by atoms with van der Waals surface area (Å²) in [6.07, 6.45) is 8.96. The van der Waals surface area contributed by atoms with Crippen molar-refractivity contribution in [3.8, 4) is 5.75 Å². The molecule has 0 radical (unpaired) electrons. The number of piperidine rings is 1. The maximum Gasteiger partial charge on any atom is 0.257 e. The number of aryl methyl sites for hydroxylation is 1. The van der Waals surface area contributed by atoms with Gasteiger partial charge in [-0.3, -0.25) is 14.9 Å². The van der Waals surface area contributed by atoms with Crippen molar-refractivity contribution in [2.45, 2.75) is 70.1 Å². The molecule has 1 aliphatic carbocycles. The van der Waals surface area contributed by atoms with Crippen molar-refractivity contribution in [1.82, 2.24) is 19.4 Å². The van der Waals surface area contributed by atoms with E-state index in [4.69, 9.17) is 9.72 Å². The Morgan fingerprint density at radius 1 is 1.00 bits per heavy atom. The molecule has 0 unspecified atom stereocenters. The number of anilines is 1. The molecule has 0 bridgehead atoms. The fraction of sp³-hybridized carbons (Fsp3) is 0.469. The zero-order valence-electron chi connectivity index (χ0n) is 23.3. The molecule has 2 aromatic carbocycles. The number of nitrogens with zero attached hydrogens (tertiary/aromatic N) is 4. The number of benzene rings is 2. The molecule has 2 saturated heterocycles. The van der Waals surface area contributed by atoms with Gasteiger partial charge in [0.2, 0.25) is 11.9 Å². The van der Waals surface area contributed by atoms with E-state index in [1.54, 1.807) is 0 Å². The summed E-state index contributed by atoms with van der Waals surface area (Å²) >= 11 is 0. The third-order valence-electron chi connectivity index (χ3n) is 8.51. The van der Waals surface area contributed by atoms with Gasteiger partial charge >= 0.3 is 0 Å². The number of nitrogens with one attached hydrogen (secondary N) is 1. The number of carbonyl (C=O) groups excluding carboxylic acids is 2. The number of hydrogen-bond acceptors (Lipinski definition) is 5. The highest BCUT2D eigenvalue weighted by atomic mass is 16.5. The van der Waals surface area contributed by atoms with Crippen molar-refractivity contribution in [2.24, 2.45) is 0 Å². The first-order valence-corrected chi connectivity index (χ1v) is 14.7. The Hall–Kier alpha value is -3.65. The molecule has 2 aliphatic heterocycles. The van der Waals surface area contributed by atoms with Crippen LogP contribution < -0.4 is 10.1 Å². The molecule has 210 valence electrons. The second-order valence-electron chi connectivity index (χ2n) is 11.5. The van der Waals surface area contributed by atoms with E-state index in [1.165, 1.54) is 18.9 Å². The normalized spacial score (nSPS) is 20.7. The van der Waals surface area contributed by atoms with Crippen molar-refractivity contribution < 1.29 is 14.3 Å². The van der Waals surface area contributed by atoms with E-state index < -0.39 is 0 Å². The largest absolute Gasteiger partial charge is 0.488 e. The van der Waals surface area contributed by atoms with Crippen LogP contribution in [0.5, 0.6) is 5.75 Å². The third kappa shape index (κ3) is 5.63. The van der Waals surface area contributed by atoms with Gasteiger partial charge in [0.25, 0.3) is 5.91 Å². The van der Waals surface area contributed by atoms with Crippen LogP contribution in [0.15, 0.2) is 55.1 Å². The van der Waals surface area contributed by atoms with Gasteiger partial charge in [-0.1, -0.05) is 30.3 Å². The molecule has 2 amide bonds. The van der Waals surface area contributed by atoms with E-state index in [0.29, 0.717) is 24.6 Å². The number of carbonyl (C=O) groups is 2. The first-order valence-electron chi connectivity index (χ1n) is 14.7. The minimum Gasteiger partial charge on any atom is -0.488 e. The van der Waals surface area contributed by atoms with E-state index in [0.717, 1.165) is 73.6 Å². The molecular weight excluding hydrogens is 502 g/mol. The van der Waals surface area contributed by atoms with Gasteiger partial charge in [0.15, 0.2) is 0 Å². The Kier molecular flexibility index (Phi) is 7.61. The fourth-order valence-electron chi connectivity index (χ4n) is 6.25. The van der Waals surface area contributed by atoms with Crippen LogP contribution in [0.25, 0.3) is 11.0 Å². The van der Waals surface area contributed by atoms with Gasteiger partial charge < -0.3 is 19.1 Å². The number of imidazole rings is 1. The highest BCUT2D eigenvalue weighted by Crippen LogP contribution is 2.37. The summed E-state index contributed by atoms with van der Waals surface area (Å²) in [5.41, 5.74) is 3.26. The van der Waals surface area contributed by atoms with Gasteiger partial charge in [0.1, 0.15) is 17.4 Å². The van der Waals surface area contributed by atoms with Crippen LogP contribution in [-0.2, 0) is 4.79 Å². The number of fused-ring (bicyclic) bond motifs is 1. The summed E-state index contributed by atoms with van der Waals surface area (Å²) in [6.45, 7) is 9.05. The molecule has 3 aliphatic rings. The predicted octanol–water partition coefficient (Wildman–Crippen LogP) is 5.34. The average molecular weight is 542 g/mol. The summed E-state index contributed by atoms with van der Waals surface area (Å²) in [4.78, 5) is 35.4. The molecule has 3 fully saturated rings. The molecule has 3 heterocycles. The zero-order chi connectivity index (χ0) is 27.6. The van der Waals surface area contributed by atoms with E-state index in [1.807, 2.05) is 54.3 Å². The van der Waals surface area contributed by atoms with Crippen molar-refractivity contribution in [3.05, 3.63) is 66.2 Å². The number of amides is 2. The quantitative estimate of drug-likeness (QED) is 0.409. The minimum absolute atomic E-state index is 0.0642. The van der Waals surface area contributed by atoms with Crippen LogP contribution in [0.4, 0.5) is 5.95 Å². The molecule has 1 N–H and O–H groups in total. The maximum absolute atomic E-state index is 13.4. The molecule has 1 aromatic heterocycles. The Morgan fingerprint density at radius 2 is 1.80 bits per heavy atom. The van der Waals surface area contributed by atoms with E-state index in [-0.39, 0.29) is 24.0 Å². The smallest absolute Gasteiger partial charge is 0.257 e. The van der Waals surface area contributed by atoms with Crippen molar-refractivity contribution >= 4 is 28.8 Å².